The number of pyridine rings is 1. The Hall–Kier alpha value is -4.10. The predicted molar refractivity (Wildman–Crippen MR) is 146 cm³/mol. The highest BCUT2D eigenvalue weighted by Crippen LogP contribution is 2.27. The van der Waals surface area contributed by atoms with E-state index in [0.29, 0.717) is 19.6 Å². The molecule has 0 saturated heterocycles. The lowest BCUT2D eigenvalue weighted by molar-refractivity contribution is 0.161. The molecule has 0 fully saturated rings. The van der Waals surface area contributed by atoms with E-state index in [0.717, 1.165) is 39.8 Å². The van der Waals surface area contributed by atoms with Gasteiger partial charge >= 0.3 is 0 Å². The van der Waals surface area contributed by atoms with Crippen molar-refractivity contribution in [2.45, 2.75) is 52.9 Å². The van der Waals surface area contributed by atoms with Crippen molar-refractivity contribution in [3.05, 3.63) is 123 Å². The smallest absolute Gasteiger partial charge is 0.252 e. The van der Waals surface area contributed by atoms with Gasteiger partial charge in [0.2, 0.25) is 0 Å². The van der Waals surface area contributed by atoms with E-state index in [4.69, 9.17) is 0 Å². The maximum absolute atomic E-state index is 13.1. The minimum Gasteiger partial charge on any atom is -0.322 e. The third kappa shape index (κ3) is 5.67. The van der Waals surface area contributed by atoms with E-state index in [1.165, 1.54) is 11.1 Å². The van der Waals surface area contributed by atoms with E-state index >= 15 is 0 Å². The van der Waals surface area contributed by atoms with Gasteiger partial charge in [-0.15, -0.1) is 5.10 Å². The van der Waals surface area contributed by atoms with Gasteiger partial charge in [-0.25, -0.2) is 4.68 Å². The second-order valence-corrected chi connectivity index (χ2v) is 9.71. The molecule has 0 radical (unpaired) electrons. The molecule has 7 heteroatoms. The fourth-order valence-electron chi connectivity index (χ4n) is 4.84. The molecule has 7 nitrogen and oxygen atoms in total. The summed E-state index contributed by atoms with van der Waals surface area (Å²) < 4.78 is 1.87. The molecule has 0 saturated carbocycles. The summed E-state index contributed by atoms with van der Waals surface area (Å²) in [7, 11) is 0. The highest BCUT2D eigenvalue weighted by atomic mass is 16.1. The van der Waals surface area contributed by atoms with E-state index in [-0.39, 0.29) is 11.6 Å². The average molecular weight is 493 g/mol. The molecule has 5 aromatic rings. The highest BCUT2D eigenvalue weighted by molar-refractivity contribution is 5.79. The summed E-state index contributed by atoms with van der Waals surface area (Å²) in [6, 6.07) is 26.8. The third-order valence-electron chi connectivity index (χ3n) is 6.82. The van der Waals surface area contributed by atoms with Crippen LogP contribution in [0.25, 0.3) is 10.9 Å². The number of hydrogen-bond acceptors (Lipinski definition) is 5. The molecule has 0 bridgehead atoms. The zero-order valence-corrected chi connectivity index (χ0v) is 21.6. The molecule has 1 atom stereocenters. The second kappa shape index (κ2) is 10.9. The van der Waals surface area contributed by atoms with Crippen LogP contribution >= 0.6 is 0 Å². The molecule has 0 aliphatic rings. The number of H-pyrrole nitrogens is 1. The summed E-state index contributed by atoms with van der Waals surface area (Å²) in [5.74, 6) is 0.798. The van der Waals surface area contributed by atoms with Gasteiger partial charge in [-0.1, -0.05) is 78.7 Å². The summed E-state index contributed by atoms with van der Waals surface area (Å²) in [6.07, 6.45) is 0.797. The summed E-state index contributed by atoms with van der Waals surface area (Å²) in [6.45, 7) is 8.03. The number of rotatable bonds is 9. The highest BCUT2D eigenvalue weighted by Gasteiger charge is 2.26. The third-order valence-corrected chi connectivity index (χ3v) is 6.82. The van der Waals surface area contributed by atoms with Crippen LogP contribution in [0.3, 0.4) is 0 Å². The van der Waals surface area contributed by atoms with Gasteiger partial charge in [-0.05, 0) is 65.4 Å². The van der Waals surface area contributed by atoms with Crippen LogP contribution in [0, 0.1) is 13.8 Å². The van der Waals surface area contributed by atoms with Crippen molar-refractivity contribution in [2.24, 2.45) is 0 Å². The van der Waals surface area contributed by atoms with Crippen LogP contribution in [-0.4, -0.2) is 30.1 Å². The summed E-state index contributed by atoms with van der Waals surface area (Å²) in [5.41, 5.74) is 6.21. The summed E-state index contributed by atoms with van der Waals surface area (Å²) in [5, 5.41) is 13.8. The Morgan fingerprint density at radius 2 is 1.65 bits per heavy atom. The Kier molecular flexibility index (Phi) is 7.23. The zero-order chi connectivity index (χ0) is 25.8. The predicted octanol–water partition coefficient (Wildman–Crippen LogP) is 5.33. The molecule has 2 aromatic heterocycles. The SMILES string of the molecule is CC[C@@H](c1nnnn1Cc1ccccc1)N(Cc1ccc(C)cc1)Cc1cc2cc(C)ccc2[nH]c1=O. The second-order valence-electron chi connectivity index (χ2n) is 9.71. The number of aromatic amines is 1. The maximum atomic E-state index is 13.1. The molecule has 5 rings (SSSR count). The van der Waals surface area contributed by atoms with E-state index in [1.54, 1.807) is 0 Å². The topological polar surface area (TPSA) is 79.7 Å². The molecule has 0 aliphatic carbocycles. The fourth-order valence-corrected chi connectivity index (χ4v) is 4.84. The maximum Gasteiger partial charge on any atom is 0.252 e. The molecular formula is C30H32N6O. The van der Waals surface area contributed by atoms with Crippen LogP contribution < -0.4 is 5.56 Å². The van der Waals surface area contributed by atoms with Gasteiger partial charge in [0.05, 0.1) is 12.6 Å². The molecule has 0 spiro atoms. The van der Waals surface area contributed by atoms with Crippen LogP contribution in [-0.2, 0) is 19.6 Å². The van der Waals surface area contributed by atoms with Crippen molar-refractivity contribution in [1.29, 1.82) is 0 Å². The molecule has 188 valence electrons. The van der Waals surface area contributed by atoms with Gasteiger partial charge in [0, 0.05) is 24.2 Å². The first-order chi connectivity index (χ1) is 18.0. The van der Waals surface area contributed by atoms with Gasteiger partial charge in [0.1, 0.15) is 0 Å². The van der Waals surface area contributed by atoms with Crippen LogP contribution in [0.2, 0.25) is 0 Å². The lowest BCUT2D eigenvalue weighted by atomic mass is 10.1. The lowest BCUT2D eigenvalue weighted by Gasteiger charge is -2.30. The standard InChI is InChI=1S/C30H32N6O/c1-4-28(29-32-33-34-36(29)19-23-8-6-5-7-9-23)35(18-24-13-10-21(2)11-14-24)20-26-17-25-16-22(3)12-15-27(25)31-30(26)37/h5-17,28H,4,18-20H2,1-3H3,(H,31,37)/t28-/m0/s1. The Bertz CT molecular complexity index is 1540. The van der Waals surface area contributed by atoms with Gasteiger partial charge in [-0.3, -0.25) is 9.69 Å². The molecule has 1 N–H and O–H groups in total. The van der Waals surface area contributed by atoms with E-state index in [9.17, 15) is 4.79 Å². The number of tetrazole rings is 1. The average Bonchev–Trinajstić information content (AvgIpc) is 3.34. The van der Waals surface area contributed by atoms with Crippen molar-refractivity contribution >= 4 is 10.9 Å². The van der Waals surface area contributed by atoms with Gasteiger partial charge < -0.3 is 4.98 Å². The molecule has 37 heavy (non-hydrogen) atoms. The minimum absolute atomic E-state index is 0.0658. The quantitative estimate of drug-likeness (QED) is 0.301. The number of fused-ring (bicyclic) bond motifs is 1. The van der Waals surface area contributed by atoms with Crippen molar-refractivity contribution < 1.29 is 0 Å². The monoisotopic (exact) mass is 492 g/mol. The Balaban J connectivity index is 1.52. The van der Waals surface area contributed by atoms with Crippen molar-refractivity contribution in [3.63, 3.8) is 0 Å². The summed E-state index contributed by atoms with van der Waals surface area (Å²) >= 11 is 0. The van der Waals surface area contributed by atoms with Crippen molar-refractivity contribution in [2.75, 3.05) is 0 Å². The number of benzene rings is 3. The van der Waals surface area contributed by atoms with Gasteiger partial charge in [-0.2, -0.15) is 0 Å². The molecular weight excluding hydrogens is 460 g/mol. The Labute approximate surface area is 216 Å². The lowest BCUT2D eigenvalue weighted by Crippen LogP contribution is -2.32. The molecule has 2 heterocycles. The normalized spacial score (nSPS) is 12.3. The first-order valence-corrected chi connectivity index (χ1v) is 12.7. The molecule has 3 aromatic carbocycles. The van der Waals surface area contributed by atoms with Gasteiger partial charge in [0.15, 0.2) is 5.82 Å². The molecule has 0 amide bonds. The van der Waals surface area contributed by atoms with Crippen molar-refractivity contribution in [3.8, 4) is 0 Å². The fraction of sp³-hybridized carbons (Fsp3) is 0.267. The largest absolute Gasteiger partial charge is 0.322 e. The first kappa shape index (κ1) is 24.6. The van der Waals surface area contributed by atoms with E-state index in [2.05, 4.69) is 88.6 Å². The molecule has 0 aliphatic heterocycles. The van der Waals surface area contributed by atoms with Crippen LogP contribution in [0.15, 0.2) is 83.7 Å². The Morgan fingerprint density at radius 1 is 0.892 bits per heavy atom. The van der Waals surface area contributed by atoms with E-state index < -0.39 is 0 Å². The van der Waals surface area contributed by atoms with Gasteiger partial charge in [0.25, 0.3) is 5.56 Å². The number of hydrogen-bond donors (Lipinski definition) is 1. The zero-order valence-electron chi connectivity index (χ0n) is 21.6. The first-order valence-electron chi connectivity index (χ1n) is 12.7. The Morgan fingerprint density at radius 3 is 2.41 bits per heavy atom. The number of nitrogens with one attached hydrogen (secondary N) is 1. The van der Waals surface area contributed by atoms with Crippen LogP contribution in [0.1, 0.15) is 53.0 Å². The van der Waals surface area contributed by atoms with Crippen LogP contribution in [0.5, 0.6) is 0 Å². The number of nitrogens with zero attached hydrogens (tertiary/aromatic N) is 5. The van der Waals surface area contributed by atoms with Crippen molar-refractivity contribution in [1.82, 2.24) is 30.1 Å². The summed E-state index contributed by atoms with van der Waals surface area (Å²) in [4.78, 5) is 18.5. The minimum atomic E-state index is -0.0763. The number of aromatic nitrogens is 5. The number of aryl methyl sites for hydroxylation is 2. The van der Waals surface area contributed by atoms with Crippen LogP contribution in [0.4, 0.5) is 0 Å². The van der Waals surface area contributed by atoms with E-state index in [1.807, 2.05) is 41.1 Å². The molecule has 0 unspecified atom stereocenters.